The molecule has 0 heterocycles. The number of aliphatic hydroxyl groups is 2. The standard InChI is InChI=1S/C24H40O2/c1-23(2,26)13-4-5-17-7-11-22-21-9-6-16-15-18(25)8-10-19(16)20(21)12-14-24(17,22)3/h6,17-22,25-26H,4-5,7-15H2,1-3H3/t17-,18?,19?,20?,21?,22?,24?/m0/s1. The normalized spacial score (nSPS) is 45.5. The Morgan fingerprint density at radius 2 is 1.92 bits per heavy atom. The quantitative estimate of drug-likeness (QED) is 0.652. The molecule has 2 N–H and O–H groups in total. The van der Waals surface area contributed by atoms with Crippen LogP contribution in [0, 0.1) is 35.0 Å². The van der Waals surface area contributed by atoms with Gasteiger partial charge >= 0.3 is 0 Å². The second-order valence-corrected chi connectivity index (χ2v) is 11.0. The number of fused-ring (bicyclic) bond motifs is 5. The van der Waals surface area contributed by atoms with Crippen molar-refractivity contribution in [3.8, 4) is 0 Å². The summed E-state index contributed by atoms with van der Waals surface area (Å²) in [5, 5.41) is 20.1. The summed E-state index contributed by atoms with van der Waals surface area (Å²) in [4.78, 5) is 0. The molecule has 0 aromatic rings. The molecular weight excluding hydrogens is 320 g/mol. The Hall–Kier alpha value is -0.340. The van der Waals surface area contributed by atoms with Crippen LogP contribution in [-0.4, -0.2) is 21.9 Å². The molecule has 2 nitrogen and oxygen atoms in total. The van der Waals surface area contributed by atoms with Crippen molar-refractivity contribution in [1.82, 2.24) is 0 Å². The van der Waals surface area contributed by atoms with Crippen LogP contribution in [0.5, 0.6) is 0 Å². The highest BCUT2D eigenvalue weighted by Gasteiger charge is 2.55. The maximum Gasteiger partial charge on any atom is 0.0591 e. The van der Waals surface area contributed by atoms with E-state index in [9.17, 15) is 10.2 Å². The SMILES string of the molecule is CC(C)(O)CCC[C@H]1CCC2C3CC=C4CC(O)CCC4C3CCC21C. The first-order valence-corrected chi connectivity index (χ1v) is 11.4. The molecule has 0 aliphatic heterocycles. The van der Waals surface area contributed by atoms with E-state index < -0.39 is 5.60 Å². The van der Waals surface area contributed by atoms with Gasteiger partial charge < -0.3 is 10.2 Å². The largest absolute Gasteiger partial charge is 0.393 e. The van der Waals surface area contributed by atoms with E-state index in [1.54, 1.807) is 5.57 Å². The Morgan fingerprint density at radius 1 is 1.12 bits per heavy atom. The Labute approximate surface area is 160 Å². The molecule has 7 atom stereocenters. The zero-order chi connectivity index (χ0) is 18.5. The van der Waals surface area contributed by atoms with E-state index >= 15 is 0 Å². The molecule has 2 heteroatoms. The van der Waals surface area contributed by atoms with E-state index in [0.29, 0.717) is 5.41 Å². The molecule has 26 heavy (non-hydrogen) atoms. The molecule has 0 bridgehead atoms. The lowest BCUT2D eigenvalue weighted by molar-refractivity contribution is -0.0213. The van der Waals surface area contributed by atoms with Crippen LogP contribution in [0.25, 0.3) is 0 Å². The van der Waals surface area contributed by atoms with Crippen LogP contribution < -0.4 is 0 Å². The summed E-state index contributed by atoms with van der Waals surface area (Å²) in [6, 6.07) is 0. The monoisotopic (exact) mass is 360 g/mol. The van der Waals surface area contributed by atoms with E-state index in [0.717, 1.165) is 48.9 Å². The molecule has 6 unspecified atom stereocenters. The van der Waals surface area contributed by atoms with Gasteiger partial charge in [0.15, 0.2) is 0 Å². The molecule has 4 aliphatic carbocycles. The van der Waals surface area contributed by atoms with Crippen molar-refractivity contribution in [3.05, 3.63) is 11.6 Å². The Bertz CT molecular complexity index is 545. The third-order valence-electron chi connectivity index (χ3n) is 8.96. The summed E-state index contributed by atoms with van der Waals surface area (Å²) in [6.07, 6.45) is 16.0. The topological polar surface area (TPSA) is 40.5 Å². The molecule has 0 aromatic heterocycles. The van der Waals surface area contributed by atoms with Crippen molar-refractivity contribution in [2.45, 2.75) is 103 Å². The van der Waals surface area contributed by atoms with E-state index in [1.165, 1.54) is 51.4 Å². The fourth-order valence-corrected chi connectivity index (χ4v) is 7.61. The highest BCUT2D eigenvalue weighted by atomic mass is 16.3. The summed E-state index contributed by atoms with van der Waals surface area (Å²) in [6.45, 7) is 6.51. The third-order valence-corrected chi connectivity index (χ3v) is 8.96. The zero-order valence-electron chi connectivity index (χ0n) is 17.2. The van der Waals surface area contributed by atoms with Gasteiger partial charge in [0.25, 0.3) is 0 Å². The van der Waals surface area contributed by atoms with Crippen LogP contribution in [0.1, 0.15) is 91.4 Å². The lowest BCUT2D eigenvalue weighted by Gasteiger charge is -2.54. The van der Waals surface area contributed by atoms with Crippen LogP contribution in [0.15, 0.2) is 11.6 Å². The molecule has 0 radical (unpaired) electrons. The van der Waals surface area contributed by atoms with Gasteiger partial charge in [0.1, 0.15) is 0 Å². The second-order valence-electron chi connectivity index (χ2n) is 11.0. The van der Waals surface area contributed by atoms with Crippen LogP contribution in [0.4, 0.5) is 0 Å². The summed E-state index contributed by atoms with van der Waals surface area (Å²) >= 11 is 0. The van der Waals surface area contributed by atoms with Gasteiger partial charge in [0, 0.05) is 0 Å². The molecule has 4 aliphatic rings. The first-order chi connectivity index (χ1) is 12.3. The molecule has 148 valence electrons. The maximum atomic E-state index is 10.1. The van der Waals surface area contributed by atoms with Gasteiger partial charge in [-0.15, -0.1) is 0 Å². The predicted molar refractivity (Wildman–Crippen MR) is 107 cm³/mol. The molecule has 0 spiro atoms. The molecule has 0 amide bonds. The lowest BCUT2D eigenvalue weighted by Crippen LogP contribution is -2.46. The minimum absolute atomic E-state index is 0.0745. The Balaban J connectivity index is 1.44. The zero-order valence-corrected chi connectivity index (χ0v) is 17.2. The van der Waals surface area contributed by atoms with E-state index in [4.69, 9.17) is 0 Å². The van der Waals surface area contributed by atoms with E-state index in [2.05, 4.69) is 13.0 Å². The average molecular weight is 361 g/mol. The van der Waals surface area contributed by atoms with Crippen molar-refractivity contribution >= 4 is 0 Å². The molecular formula is C24H40O2. The first kappa shape index (κ1) is 19.0. The van der Waals surface area contributed by atoms with Crippen molar-refractivity contribution in [2.75, 3.05) is 0 Å². The minimum Gasteiger partial charge on any atom is -0.393 e. The van der Waals surface area contributed by atoms with Gasteiger partial charge in [0.2, 0.25) is 0 Å². The number of aliphatic hydroxyl groups excluding tert-OH is 1. The van der Waals surface area contributed by atoms with Crippen molar-refractivity contribution < 1.29 is 10.2 Å². The van der Waals surface area contributed by atoms with Crippen molar-refractivity contribution in [2.24, 2.45) is 35.0 Å². The van der Waals surface area contributed by atoms with Crippen LogP contribution in [0.2, 0.25) is 0 Å². The van der Waals surface area contributed by atoms with Gasteiger partial charge in [-0.05, 0) is 113 Å². The van der Waals surface area contributed by atoms with Gasteiger partial charge in [0.05, 0.1) is 11.7 Å². The highest BCUT2D eigenvalue weighted by molar-refractivity contribution is 5.20. The van der Waals surface area contributed by atoms with Gasteiger partial charge in [-0.2, -0.15) is 0 Å². The lowest BCUT2D eigenvalue weighted by atomic mass is 9.51. The number of rotatable bonds is 4. The molecule has 3 saturated carbocycles. The fourth-order valence-electron chi connectivity index (χ4n) is 7.61. The van der Waals surface area contributed by atoms with Crippen molar-refractivity contribution in [1.29, 1.82) is 0 Å². The molecule has 0 saturated heterocycles. The van der Waals surface area contributed by atoms with Crippen LogP contribution >= 0.6 is 0 Å². The van der Waals surface area contributed by atoms with E-state index in [-0.39, 0.29) is 6.10 Å². The molecule has 0 aromatic carbocycles. The van der Waals surface area contributed by atoms with Gasteiger partial charge in [-0.25, -0.2) is 0 Å². The molecule has 3 fully saturated rings. The Morgan fingerprint density at radius 3 is 2.69 bits per heavy atom. The summed E-state index contributed by atoms with van der Waals surface area (Å²) < 4.78 is 0. The summed E-state index contributed by atoms with van der Waals surface area (Å²) in [5.74, 6) is 4.37. The minimum atomic E-state index is -0.507. The predicted octanol–water partition coefficient (Wildman–Crippen LogP) is 5.48. The Kier molecular flexibility index (Phi) is 5.06. The summed E-state index contributed by atoms with van der Waals surface area (Å²) in [7, 11) is 0. The number of allylic oxidation sites excluding steroid dienone is 1. The third kappa shape index (κ3) is 3.41. The van der Waals surface area contributed by atoms with Crippen LogP contribution in [0.3, 0.4) is 0 Å². The summed E-state index contributed by atoms with van der Waals surface area (Å²) in [5.41, 5.74) is 1.64. The van der Waals surface area contributed by atoms with Gasteiger partial charge in [-0.1, -0.05) is 25.0 Å². The number of hydrogen-bond acceptors (Lipinski definition) is 2. The first-order valence-electron chi connectivity index (χ1n) is 11.4. The maximum absolute atomic E-state index is 10.1. The van der Waals surface area contributed by atoms with Crippen molar-refractivity contribution in [3.63, 3.8) is 0 Å². The molecule has 4 rings (SSSR count). The van der Waals surface area contributed by atoms with E-state index in [1.807, 2.05) is 13.8 Å². The fraction of sp³-hybridized carbons (Fsp3) is 0.917. The number of hydrogen-bond donors (Lipinski definition) is 2. The average Bonchev–Trinajstić information content (AvgIpc) is 2.90. The smallest absolute Gasteiger partial charge is 0.0591 e. The second kappa shape index (κ2) is 6.92. The van der Waals surface area contributed by atoms with Gasteiger partial charge in [-0.3, -0.25) is 0 Å². The highest BCUT2D eigenvalue weighted by Crippen LogP contribution is 2.64. The van der Waals surface area contributed by atoms with Crippen LogP contribution in [-0.2, 0) is 0 Å².